The Bertz CT molecular complexity index is 659. The highest BCUT2D eigenvalue weighted by atomic mass is 35.5. The topological polar surface area (TPSA) is 43.1 Å². The van der Waals surface area contributed by atoms with E-state index in [9.17, 15) is 10.1 Å². The summed E-state index contributed by atoms with van der Waals surface area (Å²) in [4.78, 5) is 10.3. The van der Waals surface area contributed by atoms with Crippen LogP contribution in [-0.2, 0) is 0 Å². The van der Waals surface area contributed by atoms with E-state index in [1.54, 1.807) is 18.2 Å². The van der Waals surface area contributed by atoms with Gasteiger partial charge in [-0.1, -0.05) is 35.7 Å². The molecule has 0 radical (unpaired) electrons. The van der Waals surface area contributed by atoms with Gasteiger partial charge in [0.05, 0.1) is 4.92 Å². The number of benzene rings is 2. The molecule has 88 valence electrons. The van der Waals surface area contributed by atoms with Gasteiger partial charge in [-0.2, -0.15) is 0 Å². The Morgan fingerprint density at radius 1 is 1.22 bits per heavy atom. The summed E-state index contributed by atoms with van der Waals surface area (Å²) in [6, 6.07) is 11.9. The SMILES string of the molecule is C#Cc1cc(-c2ccccc2Cl)ccc1[N+](=O)[O-]. The van der Waals surface area contributed by atoms with Crippen LogP contribution in [0.25, 0.3) is 11.1 Å². The summed E-state index contributed by atoms with van der Waals surface area (Å²) in [5, 5.41) is 11.4. The van der Waals surface area contributed by atoms with Gasteiger partial charge in [-0.05, 0) is 23.8 Å². The second-order valence-electron chi connectivity index (χ2n) is 3.61. The minimum Gasteiger partial charge on any atom is -0.258 e. The van der Waals surface area contributed by atoms with Gasteiger partial charge in [-0.25, -0.2) is 0 Å². The monoisotopic (exact) mass is 257 g/mol. The number of hydrogen-bond donors (Lipinski definition) is 0. The number of nitro benzene ring substituents is 1. The number of nitrogens with zero attached hydrogens (tertiary/aromatic N) is 1. The van der Waals surface area contributed by atoms with E-state index in [0.29, 0.717) is 5.02 Å². The molecule has 18 heavy (non-hydrogen) atoms. The normalized spacial score (nSPS) is 9.78. The quantitative estimate of drug-likeness (QED) is 0.465. The van der Waals surface area contributed by atoms with Crippen molar-refractivity contribution in [2.75, 3.05) is 0 Å². The summed E-state index contributed by atoms with van der Waals surface area (Å²) in [5.74, 6) is 2.32. The van der Waals surface area contributed by atoms with E-state index < -0.39 is 4.92 Å². The third-order valence-corrected chi connectivity index (χ3v) is 2.86. The minimum atomic E-state index is -0.494. The van der Waals surface area contributed by atoms with Crippen LogP contribution < -0.4 is 0 Å². The summed E-state index contributed by atoms with van der Waals surface area (Å²) in [6.45, 7) is 0. The number of nitro groups is 1. The second-order valence-corrected chi connectivity index (χ2v) is 4.02. The highest BCUT2D eigenvalue weighted by Crippen LogP contribution is 2.30. The average molecular weight is 258 g/mol. The van der Waals surface area contributed by atoms with Gasteiger partial charge in [-0.15, -0.1) is 6.42 Å². The summed E-state index contributed by atoms with van der Waals surface area (Å²) < 4.78 is 0. The zero-order valence-corrected chi connectivity index (χ0v) is 10.0. The predicted octanol–water partition coefficient (Wildman–Crippen LogP) is 3.90. The van der Waals surface area contributed by atoms with Crippen LogP contribution in [-0.4, -0.2) is 4.92 Å². The van der Waals surface area contributed by atoms with Crippen molar-refractivity contribution in [3.63, 3.8) is 0 Å². The zero-order chi connectivity index (χ0) is 13.1. The zero-order valence-electron chi connectivity index (χ0n) is 9.26. The first-order valence-corrected chi connectivity index (χ1v) is 5.51. The fourth-order valence-electron chi connectivity index (χ4n) is 1.67. The molecule has 0 spiro atoms. The first-order chi connectivity index (χ1) is 8.63. The number of hydrogen-bond acceptors (Lipinski definition) is 2. The average Bonchev–Trinajstić information content (AvgIpc) is 2.38. The molecule has 2 aromatic rings. The van der Waals surface area contributed by atoms with Crippen molar-refractivity contribution < 1.29 is 4.92 Å². The Kier molecular flexibility index (Phi) is 3.31. The highest BCUT2D eigenvalue weighted by molar-refractivity contribution is 6.33. The summed E-state index contributed by atoms with van der Waals surface area (Å²) in [5.41, 5.74) is 1.73. The van der Waals surface area contributed by atoms with Gasteiger partial charge in [-0.3, -0.25) is 10.1 Å². The van der Waals surface area contributed by atoms with Crippen LogP contribution in [0.1, 0.15) is 5.56 Å². The molecule has 0 saturated heterocycles. The van der Waals surface area contributed by atoms with E-state index in [1.807, 2.05) is 18.2 Å². The maximum Gasteiger partial charge on any atom is 0.284 e. The first-order valence-electron chi connectivity index (χ1n) is 5.13. The smallest absolute Gasteiger partial charge is 0.258 e. The Labute approximate surface area is 109 Å². The molecule has 2 rings (SSSR count). The van der Waals surface area contributed by atoms with Crippen LogP contribution in [0.4, 0.5) is 5.69 Å². The molecule has 0 bridgehead atoms. The van der Waals surface area contributed by atoms with Gasteiger partial charge in [0.2, 0.25) is 0 Å². The molecule has 0 amide bonds. The van der Waals surface area contributed by atoms with Crippen LogP contribution in [0.15, 0.2) is 42.5 Å². The maximum absolute atomic E-state index is 10.8. The molecular formula is C14H8ClNO2. The molecule has 2 aromatic carbocycles. The molecule has 0 aliphatic rings. The summed E-state index contributed by atoms with van der Waals surface area (Å²) in [7, 11) is 0. The highest BCUT2D eigenvalue weighted by Gasteiger charge is 2.13. The standard InChI is InChI=1S/C14H8ClNO2/c1-2-10-9-11(7-8-14(10)16(17)18)12-5-3-4-6-13(12)15/h1,3-9H. The lowest BCUT2D eigenvalue weighted by atomic mass is 10.0. The fourth-order valence-corrected chi connectivity index (χ4v) is 1.92. The number of halogens is 1. The van der Waals surface area contributed by atoms with E-state index in [-0.39, 0.29) is 11.3 Å². The minimum absolute atomic E-state index is 0.0756. The molecule has 0 aliphatic heterocycles. The Morgan fingerprint density at radius 2 is 1.94 bits per heavy atom. The molecule has 4 heteroatoms. The van der Waals surface area contributed by atoms with E-state index in [4.69, 9.17) is 18.0 Å². The van der Waals surface area contributed by atoms with Crippen LogP contribution in [0.5, 0.6) is 0 Å². The lowest BCUT2D eigenvalue weighted by Gasteiger charge is -2.05. The van der Waals surface area contributed by atoms with Gasteiger partial charge in [0, 0.05) is 16.7 Å². The van der Waals surface area contributed by atoms with Gasteiger partial charge in [0.25, 0.3) is 5.69 Å². The molecule has 3 nitrogen and oxygen atoms in total. The molecule has 0 aromatic heterocycles. The summed E-state index contributed by atoms with van der Waals surface area (Å²) in [6.07, 6.45) is 5.29. The largest absolute Gasteiger partial charge is 0.284 e. The van der Waals surface area contributed by atoms with Crippen molar-refractivity contribution in [1.82, 2.24) is 0 Å². The van der Waals surface area contributed by atoms with Gasteiger partial charge in [0.1, 0.15) is 5.56 Å². The molecule has 0 N–H and O–H groups in total. The van der Waals surface area contributed by atoms with Crippen LogP contribution >= 0.6 is 11.6 Å². The van der Waals surface area contributed by atoms with Crippen molar-refractivity contribution in [1.29, 1.82) is 0 Å². The molecule has 0 fully saturated rings. The van der Waals surface area contributed by atoms with Gasteiger partial charge >= 0.3 is 0 Å². The molecule has 0 saturated carbocycles. The van der Waals surface area contributed by atoms with Crippen LogP contribution in [0.3, 0.4) is 0 Å². The van der Waals surface area contributed by atoms with Crippen molar-refractivity contribution in [3.8, 4) is 23.5 Å². The Balaban J connectivity index is 2.59. The van der Waals surface area contributed by atoms with Crippen LogP contribution in [0, 0.1) is 22.5 Å². The molecule has 0 unspecified atom stereocenters. The first kappa shape index (κ1) is 12.2. The van der Waals surface area contributed by atoms with E-state index in [2.05, 4.69) is 5.92 Å². The van der Waals surface area contributed by atoms with Crippen molar-refractivity contribution in [2.45, 2.75) is 0 Å². The second kappa shape index (κ2) is 4.91. The maximum atomic E-state index is 10.8. The van der Waals surface area contributed by atoms with Crippen molar-refractivity contribution in [2.24, 2.45) is 0 Å². The van der Waals surface area contributed by atoms with Crippen molar-refractivity contribution >= 4 is 17.3 Å². The number of rotatable bonds is 2. The fraction of sp³-hybridized carbons (Fsp3) is 0. The molecule has 0 atom stereocenters. The molecule has 0 heterocycles. The van der Waals surface area contributed by atoms with Gasteiger partial charge < -0.3 is 0 Å². The Morgan fingerprint density at radius 3 is 2.56 bits per heavy atom. The molecular weight excluding hydrogens is 250 g/mol. The van der Waals surface area contributed by atoms with E-state index in [1.165, 1.54) is 6.07 Å². The molecule has 0 aliphatic carbocycles. The lowest BCUT2D eigenvalue weighted by molar-refractivity contribution is -0.385. The van der Waals surface area contributed by atoms with Crippen LogP contribution in [0.2, 0.25) is 5.02 Å². The Hall–Kier alpha value is -2.31. The van der Waals surface area contributed by atoms with Crippen molar-refractivity contribution in [3.05, 3.63) is 63.2 Å². The number of terminal acetylenes is 1. The third kappa shape index (κ3) is 2.20. The third-order valence-electron chi connectivity index (χ3n) is 2.53. The predicted molar refractivity (Wildman–Crippen MR) is 71.5 cm³/mol. The lowest BCUT2D eigenvalue weighted by Crippen LogP contribution is -1.92. The van der Waals surface area contributed by atoms with Gasteiger partial charge in [0.15, 0.2) is 0 Å². The van der Waals surface area contributed by atoms with E-state index in [0.717, 1.165) is 11.1 Å². The van der Waals surface area contributed by atoms with E-state index >= 15 is 0 Å². The summed E-state index contributed by atoms with van der Waals surface area (Å²) >= 11 is 6.07.